The first-order valence-electron chi connectivity index (χ1n) is 6.76. The summed E-state index contributed by atoms with van der Waals surface area (Å²) in [6.45, 7) is 3.14. The number of aliphatic hydroxyl groups excluding tert-OH is 2. The van der Waals surface area contributed by atoms with E-state index in [1.807, 2.05) is 0 Å². The second-order valence-corrected chi connectivity index (χ2v) is 6.50. The van der Waals surface area contributed by atoms with Crippen LogP contribution in [0.4, 0.5) is 5.82 Å². The summed E-state index contributed by atoms with van der Waals surface area (Å²) >= 11 is 0. The molecule has 7 N–H and O–H groups in total. The van der Waals surface area contributed by atoms with Gasteiger partial charge in [0.15, 0.2) is 18.0 Å². The van der Waals surface area contributed by atoms with Crippen LogP contribution in [-0.4, -0.2) is 60.4 Å². The summed E-state index contributed by atoms with van der Waals surface area (Å²) in [5.74, 6) is 0.340. The lowest BCUT2D eigenvalue weighted by Gasteiger charge is -2.20. The fourth-order valence-electron chi connectivity index (χ4n) is 2.49. The van der Waals surface area contributed by atoms with Crippen LogP contribution in [0.3, 0.4) is 0 Å². The van der Waals surface area contributed by atoms with E-state index >= 15 is 0 Å². The van der Waals surface area contributed by atoms with Crippen molar-refractivity contribution in [3.8, 4) is 0 Å². The quantitative estimate of drug-likeness (QED) is 0.332. The van der Waals surface area contributed by atoms with Gasteiger partial charge in [-0.25, -0.2) is 9.55 Å². The molecule has 4 unspecified atom stereocenters. The Morgan fingerprint density at radius 1 is 1.46 bits per heavy atom. The summed E-state index contributed by atoms with van der Waals surface area (Å²) in [4.78, 5) is 25.6. The van der Waals surface area contributed by atoms with Crippen LogP contribution in [0.5, 0.6) is 0 Å². The third-order valence-corrected chi connectivity index (χ3v) is 4.06. The first-order chi connectivity index (χ1) is 11.2. The Kier molecular flexibility index (Phi) is 4.21. The number of nitrogens with two attached hydrogens (primary N) is 1. The molecule has 1 aromatic heterocycles. The number of rotatable bonds is 4. The molecule has 0 spiro atoms. The van der Waals surface area contributed by atoms with Gasteiger partial charge < -0.3 is 35.8 Å². The smallest absolute Gasteiger partial charge is 0.387 e. The molecule has 132 valence electrons. The van der Waals surface area contributed by atoms with Gasteiger partial charge in [0.05, 0.1) is 18.6 Å². The Morgan fingerprint density at radius 2 is 2.17 bits per heavy atom. The predicted molar refractivity (Wildman–Crippen MR) is 79.6 cm³/mol. The van der Waals surface area contributed by atoms with E-state index in [9.17, 15) is 14.8 Å². The van der Waals surface area contributed by atoms with Gasteiger partial charge in [-0.1, -0.05) is 6.58 Å². The van der Waals surface area contributed by atoms with Crippen LogP contribution < -0.4 is 11.1 Å². The maximum absolute atomic E-state index is 10.8. The zero-order chi connectivity index (χ0) is 17.6. The molecule has 0 aliphatic carbocycles. The van der Waals surface area contributed by atoms with Gasteiger partial charge in [-0.3, -0.25) is 9.09 Å². The number of guanidine groups is 1. The molecule has 2 aliphatic rings. The minimum absolute atomic E-state index is 0.0728. The van der Waals surface area contributed by atoms with E-state index in [2.05, 4.69) is 26.4 Å². The maximum Gasteiger partial charge on any atom is 0.469 e. The van der Waals surface area contributed by atoms with Gasteiger partial charge in [0.2, 0.25) is 0 Å². The summed E-state index contributed by atoms with van der Waals surface area (Å²) in [7, 11) is -4.73. The van der Waals surface area contributed by atoms with Gasteiger partial charge in [0, 0.05) is 0 Å². The molecule has 4 atom stereocenters. The molecule has 1 aromatic rings. The molecule has 0 radical (unpaired) electrons. The molecule has 0 bridgehead atoms. The number of aromatic nitrogens is 2. The molecule has 24 heavy (non-hydrogen) atoms. The van der Waals surface area contributed by atoms with E-state index in [4.69, 9.17) is 20.3 Å². The number of aliphatic imine (C=N–C) groups is 1. The monoisotopic (exact) mass is 361 g/mol. The van der Waals surface area contributed by atoms with E-state index in [0.29, 0.717) is 11.4 Å². The Hall–Kier alpha value is -1.79. The Bertz CT molecular complexity index is 743. The first-order valence-corrected chi connectivity index (χ1v) is 8.29. The van der Waals surface area contributed by atoms with Crippen LogP contribution >= 0.6 is 7.82 Å². The number of hydrogen-bond acceptors (Lipinski definition) is 9. The molecular formula is C11H16N5O7P. The Morgan fingerprint density at radius 3 is 2.83 bits per heavy atom. The Labute approximate surface area is 135 Å². The zero-order valence-corrected chi connectivity index (χ0v) is 13.1. The summed E-state index contributed by atoms with van der Waals surface area (Å²) < 4.78 is 21.9. The average Bonchev–Trinajstić information content (AvgIpc) is 3.00. The van der Waals surface area contributed by atoms with Crippen LogP contribution in [0.15, 0.2) is 17.9 Å². The molecular weight excluding hydrogens is 345 g/mol. The largest absolute Gasteiger partial charge is 0.469 e. The van der Waals surface area contributed by atoms with Crippen molar-refractivity contribution in [2.75, 3.05) is 6.61 Å². The lowest BCUT2D eigenvalue weighted by Crippen LogP contribution is -2.34. The van der Waals surface area contributed by atoms with E-state index < -0.39 is 39.0 Å². The number of imidazole rings is 1. The third-order valence-electron chi connectivity index (χ3n) is 3.58. The van der Waals surface area contributed by atoms with Crippen LogP contribution in [0.1, 0.15) is 11.9 Å². The summed E-state index contributed by atoms with van der Waals surface area (Å²) in [6, 6.07) is 0. The normalized spacial score (nSPS) is 30.0. The molecule has 0 saturated carbocycles. The number of phosphoric acid groups is 1. The van der Waals surface area contributed by atoms with Crippen LogP contribution in [0.25, 0.3) is 5.70 Å². The first kappa shape index (κ1) is 17.0. The maximum atomic E-state index is 10.8. The number of nitrogens with one attached hydrogen (secondary N) is 1. The number of ether oxygens (including phenoxy) is 1. The number of phosphoric ester groups is 1. The van der Waals surface area contributed by atoms with Crippen molar-refractivity contribution in [1.82, 2.24) is 14.9 Å². The summed E-state index contributed by atoms with van der Waals surface area (Å²) in [5.41, 5.74) is 6.43. The van der Waals surface area contributed by atoms with Crippen molar-refractivity contribution in [2.24, 2.45) is 10.7 Å². The molecule has 3 rings (SSSR count). The third kappa shape index (κ3) is 3.08. The van der Waals surface area contributed by atoms with E-state index in [-0.39, 0.29) is 11.8 Å². The molecule has 2 aliphatic heterocycles. The van der Waals surface area contributed by atoms with Crippen molar-refractivity contribution in [3.05, 3.63) is 18.6 Å². The lowest BCUT2D eigenvalue weighted by molar-refractivity contribution is -0.0512. The fourth-order valence-corrected chi connectivity index (χ4v) is 2.83. The highest BCUT2D eigenvalue weighted by Gasteiger charge is 2.45. The van der Waals surface area contributed by atoms with Gasteiger partial charge >= 0.3 is 7.82 Å². The number of nitrogens with zero attached hydrogens (tertiary/aromatic N) is 3. The van der Waals surface area contributed by atoms with Crippen molar-refractivity contribution >= 4 is 25.3 Å². The van der Waals surface area contributed by atoms with Crippen molar-refractivity contribution in [2.45, 2.75) is 24.5 Å². The molecule has 1 fully saturated rings. The molecule has 0 amide bonds. The number of aliphatic hydroxyl groups is 2. The van der Waals surface area contributed by atoms with Gasteiger partial charge in [0.1, 0.15) is 24.0 Å². The molecule has 12 nitrogen and oxygen atoms in total. The standard InChI is InChI=1S/C11H16N5O7P/c1-4-6-9(15-11(12)14-4)16(3-13-6)10-8(18)7(17)5(23-10)2-22-24(19,20)21/h3,5,7-8,10,17-18H,1-2H2,(H3,12,14,15)(H2,19,20,21). The molecule has 3 heterocycles. The second kappa shape index (κ2) is 5.93. The van der Waals surface area contributed by atoms with Gasteiger partial charge in [-0.15, -0.1) is 0 Å². The zero-order valence-electron chi connectivity index (χ0n) is 12.2. The minimum Gasteiger partial charge on any atom is -0.387 e. The van der Waals surface area contributed by atoms with Crippen molar-refractivity contribution in [3.63, 3.8) is 0 Å². The van der Waals surface area contributed by atoms with Crippen LogP contribution in [0.2, 0.25) is 0 Å². The second-order valence-electron chi connectivity index (χ2n) is 5.26. The van der Waals surface area contributed by atoms with E-state index in [1.165, 1.54) is 10.9 Å². The van der Waals surface area contributed by atoms with E-state index in [1.54, 1.807) is 0 Å². The van der Waals surface area contributed by atoms with E-state index in [0.717, 1.165) is 0 Å². The summed E-state index contributed by atoms with van der Waals surface area (Å²) in [6.07, 6.45) is -3.74. The van der Waals surface area contributed by atoms with Crippen molar-refractivity contribution < 1.29 is 33.8 Å². The fraction of sp³-hybridized carbons (Fsp3) is 0.455. The molecule has 13 heteroatoms. The van der Waals surface area contributed by atoms with Crippen molar-refractivity contribution in [1.29, 1.82) is 0 Å². The van der Waals surface area contributed by atoms with Crippen LogP contribution in [-0.2, 0) is 13.8 Å². The summed E-state index contributed by atoms with van der Waals surface area (Å²) in [5, 5.41) is 22.9. The highest BCUT2D eigenvalue weighted by molar-refractivity contribution is 7.46. The van der Waals surface area contributed by atoms with Gasteiger partial charge in [-0.2, -0.15) is 4.99 Å². The SMILES string of the molecule is C=C1NC(N)=Nc2c1ncn2C1OC(COP(=O)(O)O)C(O)C1O. The average molecular weight is 361 g/mol. The predicted octanol–water partition coefficient (Wildman–Crippen LogP) is -1.87. The number of fused-ring (bicyclic) bond motifs is 1. The topological polar surface area (TPSA) is 185 Å². The van der Waals surface area contributed by atoms with Gasteiger partial charge in [-0.05, 0) is 0 Å². The molecule has 1 saturated heterocycles. The lowest BCUT2D eigenvalue weighted by atomic mass is 10.1. The Balaban J connectivity index is 1.84. The minimum atomic E-state index is -4.73. The number of hydrogen-bond donors (Lipinski definition) is 6. The van der Waals surface area contributed by atoms with Gasteiger partial charge in [0.25, 0.3) is 0 Å². The van der Waals surface area contributed by atoms with Crippen LogP contribution in [0, 0.1) is 0 Å². The molecule has 0 aromatic carbocycles. The highest BCUT2D eigenvalue weighted by atomic mass is 31.2. The highest BCUT2D eigenvalue weighted by Crippen LogP contribution is 2.40.